The summed E-state index contributed by atoms with van der Waals surface area (Å²) in [5.74, 6) is -1.00. The average molecular weight is 425 g/mol. The molecule has 0 saturated carbocycles. The number of ether oxygens (including phenoxy) is 2. The molecule has 2 aromatic carbocycles. The van der Waals surface area contributed by atoms with Crippen molar-refractivity contribution in [2.45, 2.75) is 31.5 Å². The number of para-hydroxylation sites is 1. The molecule has 9 heteroatoms. The molecule has 0 spiro atoms. The Labute approximate surface area is 171 Å². The number of benzene rings is 2. The molecule has 1 amide bonds. The minimum atomic E-state index is -4.58. The van der Waals surface area contributed by atoms with E-state index < -0.39 is 36.1 Å². The van der Waals surface area contributed by atoms with Gasteiger partial charge in [-0.2, -0.15) is 13.2 Å². The van der Waals surface area contributed by atoms with E-state index in [9.17, 15) is 22.8 Å². The SMILES string of the molecule is COc1cccc(CC(=O)NC(CC(=O)O)Cc2ccccc2C(F)(F)F)c1OC. The summed E-state index contributed by atoms with van der Waals surface area (Å²) >= 11 is 0. The summed E-state index contributed by atoms with van der Waals surface area (Å²) in [5.41, 5.74) is -0.446. The number of carbonyl (C=O) groups is 2. The highest BCUT2D eigenvalue weighted by Gasteiger charge is 2.33. The van der Waals surface area contributed by atoms with E-state index in [2.05, 4.69) is 5.32 Å². The summed E-state index contributed by atoms with van der Waals surface area (Å²) in [6.07, 6.45) is -5.53. The van der Waals surface area contributed by atoms with Gasteiger partial charge in [-0.3, -0.25) is 9.59 Å². The molecule has 0 fully saturated rings. The van der Waals surface area contributed by atoms with Gasteiger partial charge in [0.05, 0.1) is 32.6 Å². The minimum absolute atomic E-state index is 0.0875. The number of halogens is 3. The standard InChI is InChI=1S/C21H22F3NO5/c1-29-17-9-5-7-14(20(17)30-2)11-18(26)25-15(12-19(27)28)10-13-6-3-4-8-16(13)21(22,23)24/h3-9,15H,10-12H2,1-2H3,(H,25,26)(H,27,28). The monoisotopic (exact) mass is 425 g/mol. The van der Waals surface area contributed by atoms with Crippen molar-refractivity contribution in [3.05, 3.63) is 59.2 Å². The number of amides is 1. The van der Waals surface area contributed by atoms with Crippen LogP contribution in [0.2, 0.25) is 0 Å². The Morgan fingerprint density at radius 3 is 2.30 bits per heavy atom. The smallest absolute Gasteiger partial charge is 0.416 e. The first-order valence-corrected chi connectivity index (χ1v) is 9.01. The Kier molecular flexibility index (Phi) is 7.68. The van der Waals surface area contributed by atoms with E-state index in [1.165, 1.54) is 32.4 Å². The van der Waals surface area contributed by atoms with Gasteiger partial charge in [-0.15, -0.1) is 0 Å². The molecule has 162 valence electrons. The van der Waals surface area contributed by atoms with Crippen molar-refractivity contribution >= 4 is 11.9 Å². The summed E-state index contributed by atoms with van der Waals surface area (Å²) in [5, 5.41) is 11.7. The predicted molar refractivity (Wildman–Crippen MR) is 103 cm³/mol. The number of carboxylic acid groups (broad SMARTS) is 1. The van der Waals surface area contributed by atoms with Crippen molar-refractivity contribution in [2.75, 3.05) is 14.2 Å². The third-order valence-electron chi connectivity index (χ3n) is 4.41. The summed E-state index contributed by atoms with van der Waals surface area (Å²) in [7, 11) is 2.86. The number of aliphatic carboxylic acids is 1. The molecule has 2 aromatic rings. The Morgan fingerprint density at radius 2 is 1.70 bits per heavy atom. The minimum Gasteiger partial charge on any atom is -0.493 e. The molecule has 0 aromatic heterocycles. The lowest BCUT2D eigenvalue weighted by Gasteiger charge is -2.20. The molecule has 2 rings (SSSR count). The van der Waals surface area contributed by atoms with E-state index in [4.69, 9.17) is 14.6 Å². The zero-order chi connectivity index (χ0) is 22.3. The molecule has 2 N–H and O–H groups in total. The van der Waals surface area contributed by atoms with Crippen LogP contribution in [0.25, 0.3) is 0 Å². The van der Waals surface area contributed by atoms with Crippen molar-refractivity contribution < 1.29 is 37.3 Å². The average Bonchev–Trinajstić information content (AvgIpc) is 2.66. The van der Waals surface area contributed by atoms with Crippen molar-refractivity contribution in [1.82, 2.24) is 5.32 Å². The van der Waals surface area contributed by atoms with Crippen LogP contribution in [-0.4, -0.2) is 37.2 Å². The van der Waals surface area contributed by atoms with Crippen LogP contribution in [-0.2, 0) is 28.6 Å². The summed E-state index contributed by atoms with van der Waals surface area (Å²) < 4.78 is 50.1. The molecule has 1 unspecified atom stereocenters. The van der Waals surface area contributed by atoms with Crippen molar-refractivity contribution in [1.29, 1.82) is 0 Å². The van der Waals surface area contributed by atoms with Gasteiger partial charge in [-0.05, 0) is 24.1 Å². The van der Waals surface area contributed by atoms with E-state index in [0.717, 1.165) is 6.07 Å². The highest BCUT2D eigenvalue weighted by atomic mass is 19.4. The summed E-state index contributed by atoms with van der Waals surface area (Å²) in [6, 6.07) is 8.84. The number of hydrogen-bond acceptors (Lipinski definition) is 4. The fourth-order valence-electron chi connectivity index (χ4n) is 3.17. The second-order valence-corrected chi connectivity index (χ2v) is 6.55. The zero-order valence-corrected chi connectivity index (χ0v) is 16.5. The topological polar surface area (TPSA) is 84.9 Å². The molecule has 0 aliphatic heterocycles. The van der Waals surface area contributed by atoms with Gasteiger partial charge < -0.3 is 19.9 Å². The first kappa shape index (κ1) is 23.1. The first-order valence-electron chi connectivity index (χ1n) is 9.01. The lowest BCUT2D eigenvalue weighted by atomic mass is 9.97. The zero-order valence-electron chi connectivity index (χ0n) is 16.5. The second kappa shape index (κ2) is 10.00. The van der Waals surface area contributed by atoms with E-state index in [0.29, 0.717) is 17.1 Å². The molecule has 0 radical (unpaired) electrons. The van der Waals surface area contributed by atoms with Crippen LogP contribution in [0.4, 0.5) is 13.2 Å². The molecule has 0 saturated heterocycles. The summed E-state index contributed by atoms with van der Waals surface area (Å²) in [6.45, 7) is 0. The first-order chi connectivity index (χ1) is 14.2. The Morgan fingerprint density at radius 1 is 1.03 bits per heavy atom. The Balaban J connectivity index is 2.20. The van der Waals surface area contributed by atoms with Crippen molar-refractivity contribution in [3.63, 3.8) is 0 Å². The maximum Gasteiger partial charge on any atom is 0.416 e. The van der Waals surface area contributed by atoms with Gasteiger partial charge in [0.15, 0.2) is 11.5 Å². The number of carboxylic acids is 1. The molecule has 30 heavy (non-hydrogen) atoms. The van der Waals surface area contributed by atoms with E-state index in [-0.39, 0.29) is 18.4 Å². The van der Waals surface area contributed by atoms with Crippen LogP contribution in [0.15, 0.2) is 42.5 Å². The van der Waals surface area contributed by atoms with Gasteiger partial charge in [0, 0.05) is 11.6 Å². The molecule has 0 aliphatic carbocycles. The molecule has 0 bridgehead atoms. The van der Waals surface area contributed by atoms with Crippen molar-refractivity contribution in [2.24, 2.45) is 0 Å². The van der Waals surface area contributed by atoms with Gasteiger partial charge in [-0.1, -0.05) is 30.3 Å². The largest absolute Gasteiger partial charge is 0.493 e. The van der Waals surface area contributed by atoms with Crippen LogP contribution in [0, 0.1) is 0 Å². The maximum atomic E-state index is 13.2. The van der Waals surface area contributed by atoms with E-state index in [1.54, 1.807) is 18.2 Å². The number of rotatable bonds is 9. The predicted octanol–water partition coefficient (Wildman–Crippen LogP) is 3.47. The fourth-order valence-corrected chi connectivity index (χ4v) is 3.17. The fraction of sp³-hybridized carbons (Fsp3) is 0.333. The molecule has 1 atom stereocenters. The third kappa shape index (κ3) is 6.13. The highest BCUT2D eigenvalue weighted by Crippen LogP contribution is 2.33. The van der Waals surface area contributed by atoms with Gasteiger partial charge in [0.2, 0.25) is 5.91 Å². The van der Waals surface area contributed by atoms with Gasteiger partial charge in [-0.25, -0.2) is 0 Å². The van der Waals surface area contributed by atoms with E-state index >= 15 is 0 Å². The quantitative estimate of drug-likeness (QED) is 0.643. The Bertz CT molecular complexity index is 898. The maximum absolute atomic E-state index is 13.2. The van der Waals surface area contributed by atoms with E-state index in [1.807, 2.05) is 0 Å². The van der Waals surface area contributed by atoms with Gasteiger partial charge >= 0.3 is 12.1 Å². The molecule has 6 nitrogen and oxygen atoms in total. The molecular weight excluding hydrogens is 403 g/mol. The van der Waals surface area contributed by atoms with Gasteiger partial charge in [0.1, 0.15) is 0 Å². The van der Waals surface area contributed by atoms with Crippen LogP contribution >= 0.6 is 0 Å². The number of carbonyl (C=O) groups excluding carboxylic acids is 1. The van der Waals surface area contributed by atoms with Gasteiger partial charge in [0.25, 0.3) is 0 Å². The van der Waals surface area contributed by atoms with Crippen LogP contribution in [0.5, 0.6) is 11.5 Å². The lowest BCUT2D eigenvalue weighted by Crippen LogP contribution is -2.39. The van der Waals surface area contributed by atoms with Crippen LogP contribution < -0.4 is 14.8 Å². The van der Waals surface area contributed by atoms with Crippen LogP contribution in [0.3, 0.4) is 0 Å². The Hall–Kier alpha value is -3.23. The summed E-state index contributed by atoms with van der Waals surface area (Å²) in [4.78, 5) is 23.7. The molecular formula is C21H22F3NO5. The molecule has 0 heterocycles. The normalized spacial score (nSPS) is 12.2. The third-order valence-corrected chi connectivity index (χ3v) is 4.41. The highest BCUT2D eigenvalue weighted by molar-refractivity contribution is 5.81. The molecule has 0 aliphatic rings. The van der Waals surface area contributed by atoms with Crippen LogP contribution in [0.1, 0.15) is 23.1 Å². The number of methoxy groups -OCH3 is 2. The number of hydrogen-bond donors (Lipinski definition) is 2. The number of nitrogens with one attached hydrogen (secondary N) is 1. The number of alkyl halides is 3. The second-order valence-electron chi connectivity index (χ2n) is 6.55. The lowest BCUT2D eigenvalue weighted by molar-refractivity contribution is -0.138. The van der Waals surface area contributed by atoms with Crippen molar-refractivity contribution in [3.8, 4) is 11.5 Å².